The van der Waals surface area contributed by atoms with E-state index in [0.29, 0.717) is 24.5 Å². The number of amides is 1. The Hall–Kier alpha value is -3.43. The fourth-order valence-electron chi connectivity index (χ4n) is 4.20. The standard InChI is InChI=1S/C24H25FN2O6/c1-26(2)10-5-11-27-23(29)22-20(21(28)16-13-15(25)7-9-17(16)33-22)24(27,30)14-6-8-18(31-3)19(12-14)32-4/h6-9,12-13,30H,5,10-11H2,1-4H3. The first-order valence-corrected chi connectivity index (χ1v) is 10.4. The fraction of sp³-hybridized carbons (Fsp3) is 0.333. The Balaban J connectivity index is 1.97. The number of carbonyl (C=O) groups is 1. The molecule has 2 heterocycles. The Morgan fingerprint density at radius 3 is 2.48 bits per heavy atom. The van der Waals surface area contributed by atoms with Crippen LogP contribution in [0.2, 0.25) is 0 Å². The van der Waals surface area contributed by atoms with E-state index < -0.39 is 22.9 Å². The molecule has 0 aliphatic carbocycles. The normalized spacial score (nSPS) is 17.7. The van der Waals surface area contributed by atoms with Crippen LogP contribution >= 0.6 is 0 Å². The molecule has 1 aliphatic rings. The molecule has 9 heteroatoms. The smallest absolute Gasteiger partial charge is 0.293 e. The van der Waals surface area contributed by atoms with Crippen LogP contribution in [0.1, 0.15) is 28.1 Å². The number of aliphatic hydroxyl groups is 1. The number of ether oxygens (including phenoxy) is 2. The predicted octanol–water partition coefficient (Wildman–Crippen LogP) is 2.55. The van der Waals surface area contributed by atoms with Crippen LogP contribution in [0.4, 0.5) is 4.39 Å². The minimum Gasteiger partial charge on any atom is -0.493 e. The van der Waals surface area contributed by atoms with Crippen LogP contribution in [-0.2, 0) is 5.72 Å². The monoisotopic (exact) mass is 456 g/mol. The molecule has 0 spiro atoms. The topological polar surface area (TPSA) is 92.5 Å². The molecule has 1 amide bonds. The number of benzene rings is 2. The Bertz CT molecular complexity index is 1290. The zero-order valence-corrected chi connectivity index (χ0v) is 18.8. The lowest BCUT2D eigenvalue weighted by Gasteiger charge is -2.34. The molecule has 1 aromatic heterocycles. The first-order chi connectivity index (χ1) is 15.7. The molecule has 1 unspecified atom stereocenters. The molecule has 0 fully saturated rings. The minimum atomic E-state index is -2.14. The number of methoxy groups -OCH3 is 2. The number of fused-ring (bicyclic) bond motifs is 2. The number of hydrogen-bond donors (Lipinski definition) is 1. The van der Waals surface area contributed by atoms with E-state index in [0.717, 1.165) is 12.1 Å². The third-order valence-corrected chi connectivity index (χ3v) is 5.80. The van der Waals surface area contributed by atoms with Gasteiger partial charge < -0.3 is 23.9 Å². The second kappa shape index (κ2) is 8.49. The van der Waals surface area contributed by atoms with Gasteiger partial charge in [-0.2, -0.15) is 0 Å². The first kappa shape index (κ1) is 22.8. The van der Waals surface area contributed by atoms with E-state index in [4.69, 9.17) is 13.9 Å². The predicted molar refractivity (Wildman–Crippen MR) is 119 cm³/mol. The van der Waals surface area contributed by atoms with Gasteiger partial charge in [0.25, 0.3) is 5.91 Å². The maximum atomic E-state index is 13.9. The molecule has 3 aromatic rings. The van der Waals surface area contributed by atoms with Crippen LogP contribution < -0.4 is 14.9 Å². The second-order valence-electron chi connectivity index (χ2n) is 8.13. The van der Waals surface area contributed by atoms with Crippen molar-refractivity contribution in [3.8, 4) is 11.5 Å². The van der Waals surface area contributed by atoms with E-state index in [1.165, 1.54) is 31.3 Å². The van der Waals surface area contributed by atoms with Gasteiger partial charge >= 0.3 is 0 Å². The maximum Gasteiger partial charge on any atom is 0.293 e. The Morgan fingerprint density at radius 2 is 1.82 bits per heavy atom. The fourth-order valence-corrected chi connectivity index (χ4v) is 4.20. The zero-order chi connectivity index (χ0) is 23.9. The van der Waals surface area contributed by atoms with Crippen LogP contribution in [0.3, 0.4) is 0 Å². The molecule has 174 valence electrons. The Morgan fingerprint density at radius 1 is 1.09 bits per heavy atom. The molecule has 0 bridgehead atoms. The highest BCUT2D eigenvalue weighted by Gasteiger charge is 2.54. The van der Waals surface area contributed by atoms with Crippen LogP contribution in [0, 0.1) is 5.82 Å². The van der Waals surface area contributed by atoms with Gasteiger partial charge in [-0.3, -0.25) is 14.5 Å². The van der Waals surface area contributed by atoms with Gasteiger partial charge in [-0.1, -0.05) is 0 Å². The van der Waals surface area contributed by atoms with E-state index >= 15 is 0 Å². The lowest BCUT2D eigenvalue weighted by Crippen LogP contribution is -2.47. The van der Waals surface area contributed by atoms with Crippen LogP contribution in [-0.4, -0.2) is 62.2 Å². The first-order valence-electron chi connectivity index (χ1n) is 10.4. The van der Waals surface area contributed by atoms with Crippen molar-refractivity contribution in [2.75, 3.05) is 41.4 Å². The van der Waals surface area contributed by atoms with Crippen molar-refractivity contribution in [3.63, 3.8) is 0 Å². The molecule has 4 rings (SSSR count). The molecule has 1 aliphatic heterocycles. The molecule has 0 saturated heterocycles. The van der Waals surface area contributed by atoms with Crippen LogP contribution in [0.25, 0.3) is 11.0 Å². The van der Waals surface area contributed by atoms with Crippen molar-refractivity contribution in [2.45, 2.75) is 12.1 Å². The van der Waals surface area contributed by atoms with Crippen molar-refractivity contribution in [3.05, 3.63) is 69.3 Å². The number of rotatable bonds is 7. The highest BCUT2D eigenvalue weighted by atomic mass is 19.1. The minimum absolute atomic E-state index is 0.0596. The van der Waals surface area contributed by atoms with E-state index in [2.05, 4.69) is 0 Å². The van der Waals surface area contributed by atoms with Gasteiger partial charge in [0.05, 0.1) is 19.6 Å². The molecule has 33 heavy (non-hydrogen) atoms. The molecule has 1 atom stereocenters. The molecular formula is C24H25FN2O6. The van der Waals surface area contributed by atoms with Gasteiger partial charge in [0.2, 0.25) is 16.9 Å². The van der Waals surface area contributed by atoms with E-state index in [1.54, 1.807) is 12.1 Å². The molecule has 1 N–H and O–H groups in total. The molecule has 8 nitrogen and oxygen atoms in total. The summed E-state index contributed by atoms with van der Waals surface area (Å²) in [5.74, 6) is -0.780. The van der Waals surface area contributed by atoms with Gasteiger partial charge in [-0.25, -0.2) is 4.39 Å². The van der Waals surface area contributed by atoms with Crippen molar-refractivity contribution in [1.29, 1.82) is 0 Å². The Labute approximate surface area is 189 Å². The van der Waals surface area contributed by atoms with Crippen LogP contribution in [0.15, 0.2) is 45.6 Å². The Kier molecular flexibility index (Phi) is 5.85. The average molecular weight is 456 g/mol. The third kappa shape index (κ3) is 3.63. The van der Waals surface area contributed by atoms with Crippen molar-refractivity contribution in [1.82, 2.24) is 9.80 Å². The largest absolute Gasteiger partial charge is 0.493 e. The maximum absolute atomic E-state index is 13.9. The summed E-state index contributed by atoms with van der Waals surface area (Å²) in [6.45, 7) is 0.799. The summed E-state index contributed by atoms with van der Waals surface area (Å²) >= 11 is 0. The van der Waals surface area contributed by atoms with Gasteiger partial charge in [-0.15, -0.1) is 0 Å². The highest BCUT2D eigenvalue weighted by Crippen LogP contribution is 2.44. The summed E-state index contributed by atoms with van der Waals surface area (Å²) in [5.41, 5.74) is -2.77. The van der Waals surface area contributed by atoms with Gasteiger partial charge in [0.1, 0.15) is 17.0 Å². The number of carbonyl (C=O) groups excluding carboxylic acids is 1. The van der Waals surface area contributed by atoms with Crippen molar-refractivity contribution >= 4 is 16.9 Å². The van der Waals surface area contributed by atoms with Gasteiger partial charge in [0.15, 0.2) is 11.5 Å². The average Bonchev–Trinajstić information content (AvgIpc) is 3.01. The molecule has 0 saturated carbocycles. The van der Waals surface area contributed by atoms with E-state index in [9.17, 15) is 19.1 Å². The quantitative estimate of drug-likeness (QED) is 0.584. The van der Waals surface area contributed by atoms with Crippen molar-refractivity contribution < 1.29 is 28.2 Å². The number of nitrogens with zero attached hydrogens (tertiary/aromatic N) is 2. The third-order valence-electron chi connectivity index (χ3n) is 5.80. The summed E-state index contributed by atoms with van der Waals surface area (Å²) in [5, 5.41) is 12.0. The van der Waals surface area contributed by atoms with Crippen molar-refractivity contribution in [2.24, 2.45) is 0 Å². The van der Waals surface area contributed by atoms with Gasteiger partial charge in [-0.05, 0) is 63.5 Å². The van der Waals surface area contributed by atoms with E-state index in [-0.39, 0.29) is 34.4 Å². The lowest BCUT2D eigenvalue weighted by atomic mass is 9.93. The van der Waals surface area contributed by atoms with E-state index in [1.807, 2.05) is 19.0 Å². The second-order valence-corrected chi connectivity index (χ2v) is 8.13. The zero-order valence-electron chi connectivity index (χ0n) is 18.8. The number of halogens is 1. The molecule has 0 radical (unpaired) electrons. The highest BCUT2D eigenvalue weighted by molar-refractivity contribution is 5.99. The summed E-state index contributed by atoms with van der Waals surface area (Å²) in [6.07, 6.45) is 0.532. The summed E-state index contributed by atoms with van der Waals surface area (Å²) < 4.78 is 30.3. The number of hydrogen-bond acceptors (Lipinski definition) is 7. The SMILES string of the molecule is COc1ccc(C2(O)c3c(oc4ccc(F)cc4c3=O)C(=O)N2CCCN(C)C)cc1OC. The lowest BCUT2D eigenvalue weighted by molar-refractivity contribution is -0.0514. The summed E-state index contributed by atoms with van der Waals surface area (Å²) in [7, 11) is 6.71. The molecule has 2 aromatic carbocycles. The summed E-state index contributed by atoms with van der Waals surface area (Å²) in [4.78, 5) is 30.0. The summed E-state index contributed by atoms with van der Waals surface area (Å²) in [6, 6.07) is 8.12. The van der Waals surface area contributed by atoms with Crippen LogP contribution in [0.5, 0.6) is 11.5 Å². The van der Waals surface area contributed by atoms with Gasteiger partial charge in [0, 0.05) is 12.1 Å². The molecular weight excluding hydrogens is 431 g/mol.